The van der Waals surface area contributed by atoms with Crippen LogP contribution in [0.5, 0.6) is 0 Å². The highest BCUT2D eigenvalue weighted by atomic mass is 16.4. The Balaban J connectivity index is 2.32. The van der Waals surface area contributed by atoms with Crippen LogP contribution in [-0.2, 0) is 30.6 Å². The van der Waals surface area contributed by atoms with E-state index in [0.29, 0.717) is 5.92 Å². The quantitative estimate of drug-likeness (QED) is 0.842. The van der Waals surface area contributed by atoms with Crippen molar-refractivity contribution in [1.82, 2.24) is 9.78 Å². The third kappa shape index (κ3) is 2.10. The molecule has 0 fully saturated rings. The van der Waals surface area contributed by atoms with Gasteiger partial charge in [-0.3, -0.25) is 9.48 Å². The van der Waals surface area contributed by atoms with E-state index >= 15 is 0 Å². The van der Waals surface area contributed by atoms with Crippen LogP contribution >= 0.6 is 0 Å². The van der Waals surface area contributed by atoms with Gasteiger partial charge in [0, 0.05) is 12.2 Å². The molecule has 2 rings (SSSR count). The smallest absolute Gasteiger partial charge is 0.309 e. The van der Waals surface area contributed by atoms with Gasteiger partial charge in [0.1, 0.15) is 0 Å². The molecule has 4 nitrogen and oxygen atoms in total. The lowest BCUT2D eigenvalue weighted by atomic mass is 9.98. The summed E-state index contributed by atoms with van der Waals surface area (Å²) in [6.45, 7) is 5.26. The summed E-state index contributed by atoms with van der Waals surface area (Å²) in [4.78, 5) is 10.8. The molecule has 0 aliphatic carbocycles. The van der Waals surface area contributed by atoms with Crippen molar-refractivity contribution in [2.45, 2.75) is 46.1 Å². The average Bonchev–Trinajstić information content (AvgIpc) is 2.68. The number of aryl methyl sites for hydroxylation is 1. The molecule has 0 radical (unpaired) electrons. The van der Waals surface area contributed by atoms with Gasteiger partial charge in [0.05, 0.1) is 12.1 Å². The normalized spacial score (nSPS) is 14.4. The molecule has 16 heavy (non-hydrogen) atoms. The number of rotatable bonds is 4. The lowest BCUT2D eigenvalue weighted by Crippen LogP contribution is -2.06. The first kappa shape index (κ1) is 11.2. The Bertz CT molecular complexity index is 407. The van der Waals surface area contributed by atoms with Crippen LogP contribution in [0.3, 0.4) is 0 Å². The lowest BCUT2D eigenvalue weighted by molar-refractivity contribution is -0.136. The molecule has 88 valence electrons. The molecule has 0 aromatic carbocycles. The summed E-state index contributed by atoms with van der Waals surface area (Å²) in [6, 6.07) is 0. The number of aromatic nitrogens is 2. The third-order valence-corrected chi connectivity index (χ3v) is 2.96. The molecule has 0 spiro atoms. The van der Waals surface area contributed by atoms with E-state index in [2.05, 4.69) is 18.9 Å². The highest BCUT2D eigenvalue weighted by Crippen LogP contribution is 2.25. The number of carboxylic acid groups (broad SMARTS) is 1. The minimum absolute atomic E-state index is 0.0576. The topological polar surface area (TPSA) is 55.1 Å². The number of fused-ring (bicyclic) bond motifs is 1. The molecule has 0 amide bonds. The van der Waals surface area contributed by atoms with Crippen LogP contribution in [0.25, 0.3) is 0 Å². The highest BCUT2D eigenvalue weighted by molar-refractivity contribution is 5.70. The molecule has 0 atom stereocenters. The number of hydrogen-bond acceptors (Lipinski definition) is 2. The van der Waals surface area contributed by atoms with Gasteiger partial charge in [-0.1, -0.05) is 13.8 Å². The molecule has 0 bridgehead atoms. The summed E-state index contributed by atoms with van der Waals surface area (Å²) in [5.74, 6) is -0.246. The standard InChI is InChI=1S/C12H18N2O2/c1-8(2)6-9-10(7-12(15)16)13-14-5-3-4-11(9)14/h8H,3-7H2,1-2H3,(H,15,16). The maximum Gasteiger partial charge on any atom is 0.309 e. The van der Waals surface area contributed by atoms with Crippen LogP contribution in [-0.4, -0.2) is 20.9 Å². The fourth-order valence-electron chi connectivity index (χ4n) is 2.38. The van der Waals surface area contributed by atoms with Crippen LogP contribution < -0.4 is 0 Å². The van der Waals surface area contributed by atoms with E-state index in [1.807, 2.05) is 4.68 Å². The monoisotopic (exact) mass is 222 g/mol. The molecule has 4 heteroatoms. The predicted octanol–water partition coefficient (Wildman–Crippen LogP) is 1.65. The minimum Gasteiger partial charge on any atom is -0.481 e. The van der Waals surface area contributed by atoms with E-state index < -0.39 is 5.97 Å². The van der Waals surface area contributed by atoms with Crippen LogP contribution in [0, 0.1) is 5.92 Å². The minimum atomic E-state index is -0.790. The molecule has 0 saturated carbocycles. The third-order valence-electron chi connectivity index (χ3n) is 2.96. The number of nitrogens with zero attached hydrogens (tertiary/aromatic N) is 2. The Morgan fingerprint density at radius 3 is 2.94 bits per heavy atom. The number of aliphatic carboxylic acids is 1. The summed E-state index contributed by atoms with van der Waals surface area (Å²) >= 11 is 0. The van der Waals surface area contributed by atoms with E-state index in [1.165, 1.54) is 11.3 Å². The second-order valence-electron chi connectivity index (χ2n) is 4.87. The van der Waals surface area contributed by atoms with E-state index in [9.17, 15) is 4.79 Å². The zero-order valence-electron chi connectivity index (χ0n) is 9.86. The average molecular weight is 222 g/mol. The van der Waals surface area contributed by atoms with Crippen molar-refractivity contribution >= 4 is 5.97 Å². The Kier molecular flexibility index (Phi) is 2.99. The largest absolute Gasteiger partial charge is 0.481 e. The van der Waals surface area contributed by atoms with Gasteiger partial charge in [-0.05, 0) is 30.7 Å². The number of hydrogen-bond donors (Lipinski definition) is 1. The van der Waals surface area contributed by atoms with Crippen molar-refractivity contribution in [2.75, 3.05) is 0 Å². The van der Waals surface area contributed by atoms with Gasteiger partial charge in [-0.25, -0.2) is 0 Å². The van der Waals surface area contributed by atoms with Crippen molar-refractivity contribution in [3.05, 3.63) is 17.0 Å². The summed E-state index contributed by atoms with van der Waals surface area (Å²) in [5, 5.41) is 13.3. The van der Waals surface area contributed by atoms with Crippen LogP contribution in [0.2, 0.25) is 0 Å². The van der Waals surface area contributed by atoms with Crippen molar-refractivity contribution < 1.29 is 9.90 Å². The zero-order valence-corrected chi connectivity index (χ0v) is 9.86. The van der Waals surface area contributed by atoms with E-state index in [4.69, 9.17) is 5.11 Å². The molecule has 1 aromatic rings. The Morgan fingerprint density at radius 2 is 2.31 bits per heavy atom. The second-order valence-corrected chi connectivity index (χ2v) is 4.87. The van der Waals surface area contributed by atoms with Gasteiger partial charge in [-0.15, -0.1) is 0 Å². The number of carbonyl (C=O) groups is 1. The summed E-state index contributed by atoms with van der Waals surface area (Å²) in [7, 11) is 0. The second kappa shape index (κ2) is 4.28. The fourth-order valence-corrected chi connectivity index (χ4v) is 2.38. The number of carboxylic acids is 1. The molecular formula is C12H18N2O2. The van der Waals surface area contributed by atoms with Crippen molar-refractivity contribution in [3.8, 4) is 0 Å². The van der Waals surface area contributed by atoms with Gasteiger partial charge in [0.15, 0.2) is 0 Å². The zero-order chi connectivity index (χ0) is 11.7. The summed E-state index contributed by atoms with van der Waals surface area (Å²) in [6.07, 6.45) is 3.19. The van der Waals surface area contributed by atoms with Crippen LogP contribution in [0.4, 0.5) is 0 Å². The van der Waals surface area contributed by atoms with Crippen LogP contribution in [0.1, 0.15) is 37.2 Å². The maximum atomic E-state index is 10.8. The van der Waals surface area contributed by atoms with E-state index in [1.54, 1.807) is 0 Å². The predicted molar refractivity (Wildman–Crippen MR) is 60.4 cm³/mol. The van der Waals surface area contributed by atoms with Gasteiger partial charge < -0.3 is 5.11 Å². The molecule has 1 N–H and O–H groups in total. The molecule has 2 heterocycles. The Labute approximate surface area is 95.3 Å². The Hall–Kier alpha value is -1.32. The molecule has 1 aliphatic heterocycles. The summed E-state index contributed by atoms with van der Waals surface area (Å²) in [5.41, 5.74) is 3.23. The lowest BCUT2D eigenvalue weighted by Gasteiger charge is -2.06. The SMILES string of the molecule is CC(C)Cc1c(CC(=O)O)nn2c1CCC2. The molecule has 0 unspecified atom stereocenters. The maximum absolute atomic E-state index is 10.8. The first-order valence-corrected chi connectivity index (χ1v) is 5.87. The van der Waals surface area contributed by atoms with E-state index in [0.717, 1.165) is 31.5 Å². The summed E-state index contributed by atoms with van der Waals surface area (Å²) < 4.78 is 2.00. The van der Waals surface area contributed by atoms with Gasteiger partial charge >= 0.3 is 5.97 Å². The first-order valence-electron chi connectivity index (χ1n) is 5.87. The highest BCUT2D eigenvalue weighted by Gasteiger charge is 2.22. The first-order chi connectivity index (χ1) is 7.58. The molecule has 1 aliphatic rings. The molecule has 0 saturated heterocycles. The van der Waals surface area contributed by atoms with E-state index in [-0.39, 0.29) is 6.42 Å². The Morgan fingerprint density at radius 1 is 1.56 bits per heavy atom. The van der Waals surface area contributed by atoms with Gasteiger partial charge in [0.25, 0.3) is 0 Å². The van der Waals surface area contributed by atoms with Crippen molar-refractivity contribution in [1.29, 1.82) is 0 Å². The fraction of sp³-hybridized carbons (Fsp3) is 0.667. The molecule has 1 aromatic heterocycles. The van der Waals surface area contributed by atoms with Crippen LogP contribution in [0.15, 0.2) is 0 Å². The van der Waals surface area contributed by atoms with Gasteiger partial charge in [-0.2, -0.15) is 5.10 Å². The molecular weight excluding hydrogens is 204 g/mol. The van der Waals surface area contributed by atoms with Gasteiger partial charge in [0.2, 0.25) is 0 Å². The van der Waals surface area contributed by atoms with Crippen molar-refractivity contribution in [3.63, 3.8) is 0 Å². The van der Waals surface area contributed by atoms with Crippen molar-refractivity contribution in [2.24, 2.45) is 5.92 Å².